The first-order valence-electron chi connectivity index (χ1n) is 6.68. The average Bonchev–Trinajstić information content (AvgIpc) is 2.89. The third-order valence-corrected chi connectivity index (χ3v) is 3.67. The molecule has 20 heavy (non-hydrogen) atoms. The lowest BCUT2D eigenvalue weighted by Gasteiger charge is -2.38. The highest BCUT2D eigenvalue weighted by Crippen LogP contribution is 2.30. The van der Waals surface area contributed by atoms with Crippen molar-refractivity contribution in [3.8, 4) is 0 Å². The Balaban J connectivity index is 2.33. The maximum Gasteiger partial charge on any atom is 0.331 e. The second-order valence-electron chi connectivity index (χ2n) is 4.99. The molecule has 2 aliphatic heterocycles. The van der Waals surface area contributed by atoms with Gasteiger partial charge in [0.2, 0.25) is 0 Å². The van der Waals surface area contributed by atoms with Gasteiger partial charge in [0.05, 0.1) is 0 Å². The number of carbonyl (C=O) groups excluding carboxylic acids is 3. The van der Waals surface area contributed by atoms with Gasteiger partial charge in [0.15, 0.2) is 11.6 Å². The molecule has 0 saturated carbocycles. The molecule has 0 radical (unpaired) electrons. The van der Waals surface area contributed by atoms with E-state index in [1.54, 1.807) is 0 Å². The number of aliphatic imine (C=N–C) groups is 2. The van der Waals surface area contributed by atoms with Crippen molar-refractivity contribution < 1.29 is 14.4 Å². The second kappa shape index (κ2) is 5.15. The van der Waals surface area contributed by atoms with E-state index in [0.29, 0.717) is 6.42 Å². The maximum atomic E-state index is 12.5. The van der Waals surface area contributed by atoms with Crippen LogP contribution in [0.25, 0.3) is 0 Å². The molecule has 7 nitrogen and oxygen atoms in total. The van der Waals surface area contributed by atoms with E-state index in [4.69, 9.17) is 0 Å². The number of unbranched alkanes of at least 4 members (excludes halogenated alkanes) is 2. The summed E-state index contributed by atoms with van der Waals surface area (Å²) in [6.45, 7) is 2.04. The fourth-order valence-electron chi connectivity index (χ4n) is 2.48. The number of ketones is 1. The summed E-state index contributed by atoms with van der Waals surface area (Å²) in [6, 6.07) is -0.503. The van der Waals surface area contributed by atoms with Crippen LogP contribution in [-0.4, -0.2) is 59.3 Å². The van der Waals surface area contributed by atoms with Gasteiger partial charge in [0, 0.05) is 20.5 Å². The highest BCUT2D eigenvalue weighted by atomic mass is 16.2. The summed E-state index contributed by atoms with van der Waals surface area (Å²) in [4.78, 5) is 46.9. The van der Waals surface area contributed by atoms with Crippen molar-refractivity contribution in [3.63, 3.8) is 0 Å². The number of hydrogen-bond acceptors (Lipinski definition) is 5. The SMILES string of the molecule is CCCCCC(=O)C12N=CN=C1N(C)C(=O)N(C)C2=O. The van der Waals surface area contributed by atoms with Gasteiger partial charge in [-0.2, -0.15) is 0 Å². The number of Topliss-reactive ketones (excluding diaryl/α,β-unsaturated/α-hetero) is 1. The molecule has 0 aromatic rings. The second-order valence-corrected chi connectivity index (χ2v) is 4.99. The average molecular weight is 278 g/mol. The molecular weight excluding hydrogens is 260 g/mol. The number of imide groups is 1. The van der Waals surface area contributed by atoms with Crippen molar-refractivity contribution in [2.45, 2.75) is 38.1 Å². The van der Waals surface area contributed by atoms with E-state index in [1.165, 1.54) is 25.3 Å². The first kappa shape index (κ1) is 14.4. The summed E-state index contributed by atoms with van der Waals surface area (Å²) < 4.78 is 0. The number of amidine groups is 1. The highest BCUT2D eigenvalue weighted by molar-refractivity contribution is 6.38. The minimum absolute atomic E-state index is 0.118. The number of fused-ring (bicyclic) bond motifs is 1. The predicted molar refractivity (Wildman–Crippen MR) is 73.7 cm³/mol. The first-order valence-corrected chi connectivity index (χ1v) is 6.68. The molecule has 3 amide bonds. The quantitative estimate of drug-likeness (QED) is 0.552. The summed E-state index contributed by atoms with van der Waals surface area (Å²) in [6.07, 6.45) is 4.04. The Hall–Kier alpha value is -2.05. The monoisotopic (exact) mass is 278 g/mol. The Morgan fingerprint density at radius 3 is 2.60 bits per heavy atom. The molecule has 2 rings (SSSR count). The standard InChI is InChI=1S/C13H18N4O3/c1-4-5-6-7-9(18)13-10(14-8-15-13)16(2)12(20)17(3)11(13)19/h8H,4-7H2,1-3H3. The Bertz CT molecular complexity index is 526. The molecule has 1 fully saturated rings. The lowest BCUT2D eigenvalue weighted by molar-refractivity contribution is -0.138. The number of likely N-dealkylation sites (N-methyl/N-ethyl adjacent to an activating group) is 2. The number of rotatable bonds is 5. The van der Waals surface area contributed by atoms with Gasteiger partial charge in [-0.25, -0.2) is 14.8 Å². The molecule has 2 aliphatic rings. The van der Waals surface area contributed by atoms with Crippen molar-refractivity contribution in [1.82, 2.24) is 9.80 Å². The number of amides is 3. The minimum Gasteiger partial charge on any atom is -0.296 e. The molecule has 0 aliphatic carbocycles. The number of hydrogen-bond donors (Lipinski definition) is 0. The van der Waals surface area contributed by atoms with Crippen molar-refractivity contribution in [1.29, 1.82) is 0 Å². The molecule has 1 unspecified atom stereocenters. The Morgan fingerprint density at radius 1 is 1.25 bits per heavy atom. The summed E-state index contributed by atoms with van der Waals surface area (Å²) in [7, 11) is 2.85. The van der Waals surface area contributed by atoms with E-state index in [9.17, 15) is 14.4 Å². The van der Waals surface area contributed by atoms with Crippen LogP contribution >= 0.6 is 0 Å². The molecule has 7 heteroatoms. The van der Waals surface area contributed by atoms with Crippen molar-refractivity contribution >= 4 is 29.9 Å². The molecule has 0 aromatic carbocycles. The lowest BCUT2D eigenvalue weighted by atomic mass is 9.86. The predicted octanol–water partition coefficient (Wildman–Crippen LogP) is 0.839. The Labute approximate surface area is 117 Å². The van der Waals surface area contributed by atoms with Crippen LogP contribution in [0.1, 0.15) is 32.6 Å². The third-order valence-electron chi connectivity index (χ3n) is 3.67. The van der Waals surface area contributed by atoms with Crippen molar-refractivity contribution in [3.05, 3.63) is 0 Å². The maximum absolute atomic E-state index is 12.5. The van der Waals surface area contributed by atoms with Crippen LogP contribution in [0.3, 0.4) is 0 Å². The van der Waals surface area contributed by atoms with E-state index < -0.39 is 17.5 Å². The van der Waals surface area contributed by atoms with Crippen LogP contribution < -0.4 is 0 Å². The van der Waals surface area contributed by atoms with E-state index in [-0.39, 0.29) is 18.0 Å². The number of urea groups is 1. The number of carbonyl (C=O) groups is 3. The zero-order valence-corrected chi connectivity index (χ0v) is 11.9. The number of nitrogens with zero attached hydrogens (tertiary/aromatic N) is 4. The molecule has 0 N–H and O–H groups in total. The molecule has 2 heterocycles. The van der Waals surface area contributed by atoms with Crippen molar-refractivity contribution in [2.75, 3.05) is 14.1 Å². The van der Waals surface area contributed by atoms with Gasteiger partial charge in [-0.1, -0.05) is 19.8 Å². The van der Waals surface area contributed by atoms with E-state index in [2.05, 4.69) is 9.98 Å². The topological polar surface area (TPSA) is 82.4 Å². The first-order chi connectivity index (χ1) is 9.46. The Kier molecular flexibility index (Phi) is 3.69. The van der Waals surface area contributed by atoms with Gasteiger partial charge >= 0.3 is 6.03 Å². The largest absolute Gasteiger partial charge is 0.331 e. The molecule has 1 atom stereocenters. The Morgan fingerprint density at radius 2 is 1.95 bits per heavy atom. The normalized spacial score (nSPS) is 25.1. The molecule has 108 valence electrons. The van der Waals surface area contributed by atoms with Crippen LogP contribution in [0.5, 0.6) is 0 Å². The van der Waals surface area contributed by atoms with Crippen LogP contribution in [-0.2, 0) is 9.59 Å². The molecule has 0 aromatic heterocycles. The molecule has 0 bridgehead atoms. The van der Waals surface area contributed by atoms with Gasteiger partial charge < -0.3 is 0 Å². The zero-order valence-electron chi connectivity index (χ0n) is 11.9. The van der Waals surface area contributed by atoms with E-state index >= 15 is 0 Å². The van der Waals surface area contributed by atoms with Crippen LogP contribution in [0, 0.1) is 0 Å². The van der Waals surface area contributed by atoms with Gasteiger partial charge in [0.25, 0.3) is 11.4 Å². The van der Waals surface area contributed by atoms with Crippen LogP contribution in [0.2, 0.25) is 0 Å². The fraction of sp³-hybridized carbons (Fsp3) is 0.615. The van der Waals surface area contributed by atoms with Crippen LogP contribution in [0.15, 0.2) is 9.98 Å². The van der Waals surface area contributed by atoms with Gasteiger partial charge in [-0.05, 0) is 6.42 Å². The smallest absolute Gasteiger partial charge is 0.296 e. The molecular formula is C13H18N4O3. The molecule has 0 spiro atoms. The summed E-state index contributed by atoms with van der Waals surface area (Å²) in [5.41, 5.74) is -1.65. The summed E-state index contributed by atoms with van der Waals surface area (Å²) >= 11 is 0. The van der Waals surface area contributed by atoms with E-state index in [1.807, 2.05) is 6.92 Å². The summed E-state index contributed by atoms with van der Waals surface area (Å²) in [5.74, 6) is -0.795. The highest BCUT2D eigenvalue weighted by Gasteiger charge is 2.59. The van der Waals surface area contributed by atoms with E-state index in [0.717, 1.165) is 17.7 Å². The van der Waals surface area contributed by atoms with Gasteiger partial charge in [0.1, 0.15) is 6.34 Å². The minimum atomic E-state index is -1.65. The van der Waals surface area contributed by atoms with Gasteiger partial charge in [-0.3, -0.25) is 19.4 Å². The van der Waals surface area contributed by atoms with Crippen molar-refractivity contribution in [2.24, 2.45) is 9.98 Å². The summed E-state index contributed by atoms with van der Waals surface area (Å²) in [5, 5.41) is 0. The lowest BCUT2D eigenvalue weighted by Crippen LogP contribution is -2.68. The third kappa shape index (κ3) is 1.85. The zero-order chi connectivity index (χ0) is 14.9. The van der Waals surface area contributed by atoms with Crippen LogP contribution in [0.4, 0.5) is 4.79 Å². The van der Waals surface area contributed by atoms with Gasteiger partial charge in [-0.15, -0.1) is 0 Å². The fourth-order valence-corrected chi connectivity index (χ4v) is 2.48. The molecule has 1 saturated heterocycles.